The van der Waals surface area contributed by atoms with Gasteiger partial charge in [0.2, 0.25) is 0 Å². The zero-order chi connectivity index (χ0) is 29.3. The van der Waals surface area contributed by atoms with Crippen molar-refractivity contribution in [3.05, 3.63) is 77.1 Å². The highest BCUT2D eigenvalue weighted by Gasteiger charge is 2.52. The van der Waals surface area contributed by atoms with Crippen molar-refractivity contribution in [3.8, 4) is 0 Å². The summed E-state index contributed by atoms with van der Waals surface area (Å²) in [5.41, 5.74) is 1.78. The summed E-state index contributed by atoms with van der Waals surface area (Å²) < 4.78 is 13.8. The summed E-state index contributed by atoms with van der Waals surface area (Å²) in [7, 11) is 0. The van der Waals surface area contributed by atoms with Gasteiger partial charge >= 0.3 is 5.97 Å². The minimum absolute atomic E-state index is 0.0556. The average Bonchev–Trinajstić information content (AvgIpc) is 3.13. The van der Waals surface area contributed by atoms with Gasteiger partial charge in [-0.1, -0.05) is 71.9 Å². The van der Waals surface area contributed by atoms with Crippen LogP contribution in [0.25, 0.3) is 6.08 Å². The van der Waals surface area contributed by atoms with E-state index in [2.05, 4.69) is 41.5 Å². The third kappa shape index (κ3) is 6.71. The summed E-state index contributed by atoms with van der Waals surface area (Å²) in [5.74, 6) is -0.879. The van der Waals surface area contributed by atoms with E-state index in [4.69, 9.17) is 4.99 Å². The highest BCUT2D eigenvalue weighted by Crippen LogP contribution is 2.50. The highest BCUT2D eigenvalue weighted by molar-refractivity contribution is 6.45. The second-order valence-corrected chi connectivity index (χ2v) is 13.7. The van der Waals surface area contributed by atoms with Gasteiger partial charge < -0.3 is 10.0 Å². The molecular formula is C34H43FN2O3. The first-order valence-corrected chi connectivity index (χ1v) is 14.4. The monoisotopic (exact) mass is 546 g/mol. The third-order valence-electron chi connectivity index (χ3n) is 8.53. The van der Waals surface area contributed by atoms with Crippen LogP contribution in [0.1, 0.15) is 108 Å². The summed E-state index contributed by atoms with van der Waals surface area (Å²) in [6.07, 6.45) is 8.60. The van der Waals surface area contributed by atoms with E-state index in [1.807, 2.05) is 17.0 Å². The molecule has 1 N–H and O–H groups in total. The molecular weight excluding hydrogens is 503 g/mol. The maximum Gasteiger partial charge on any atom is 0.335 e. The van der Waals surface area contributed by atoms with E-state index in [-0.39, 0.29) is 34.2 Å². The van der Waals surface area contributed by atoms with Crippen LogP contribution in [0.15, 0.2) is 59.6 Å². The SMILES string of the molecule is CC(C)(C)CC[C@H](c1ccc(C(=O)O)cc1)N1C(=O)C(/C=C/c2cccc(F)c2)=NC12CCC(C(C)(C)C)CC2. The molecule has 1 heterocycles. The number of aromatic carboxylic acids is 1. The summed E-state index contributed by atoms with van der Waals surface area (Å²) in [5, 5.41) is 9.46. The number of carbonyl (C=O) groups is 2. The van der Waals surface area contributed by atoms with Crippen LogP contribution < -0.4 is 0 Å². The molecule has 0 saturated heterocycles. The molecule has 214 valence electrons. The van der Waals surface area contributed by atoms with Crippen LogP contribution in [-0.2, 0) is 4.79 Å². The number of hydrogen-bond acceptors (Lipinski definition) is 3. The molecule has 1 aliphatic heterocycles. The predicted octanol–water partition coefficient (Wildman–Crippen LogP) is 8.32. The Morgan fingerprint density at radius 1 is 1.07 bits per heavy atom. The first-order valence-electron chi connectivity index (χ1n) is 14.4. The molecule has 2 aromatic rings. The topological polar surface area (TPSA) is 70.0 Å². The molecule has 0 radical (unpaired) electrons. The first-order chi connectivity index (χ1) is 18.7. The number of carboxylic acids is 1. The Labute approximate surface area is 238 Å². The molecule has 0 unspecified atom stereocenters. The van der Waals surface area contributed by atoms with Crippen molar-refractivity contribution in [1.29, 1.82) is 0 Å². The van der Waals surface area contributed by atoms with Gasteiger partial charge in [-0.15, -0.1) is 0 Å². The van der Waals surface area contributed by atoms with Crippen LogP contribution in [0, 0.1) is 22.6 Å². The van der Waals surface area contributed by atoms with E-state index in [1.165, 1.54) is 12.1 Å². The molecule has 1 spiro atoms. The second-order valence-electron chi connectivity index (χ2n) is 13.7. The Kier molecular flexibility index (Phi) is 8.39. The zero-order valence-corrected chi connectivity index (χ0v) is 24.7. The van der Waals surface area contributed by atoms with Gasteiger partial charge in [0.15, 0.2) is 0 Å². The van der Waals surface area contributed by atoms with Crippen LogP contribution >= 0.6 is 0 Å². The number of hydrogen-bond donors (Lipinski definition) is 1. The molecule has 1 fully saturated rings. The van der Waals surface area contributed by atoms with Crippen molar-refractivity contribution in [1.82, 2.24) is 4.90 Å². The Morgan fingerprint density at radius 3 is 2.27 bits per heavy atom. The third-order valence-corrected chi connectivity index (χ3v) is 8.53. The van der Waals surface area contributed by atoms with Crippen molar-refractivity contribution in [2.75, 3.05) is 0 Å². The highest BCUT2D eigenvalue weighted by atomic mass is 19.1. The van der Waals surface area contributed by atoms with Crippen molar-refractivity contribution in [2.45, 2.75) is 91.8 Å². The Hall–Kier alpha value is -3.28. The van der Waals surface area contributed by atoms with Crippen molar-refractivity contribution >= 4 is 23.7 Å². The molecule has 1 atom stereocenters. The quantitative estimate of drug-likeness (QED) is 0.380. The number of rotatable bonds is 7. The lowest BCUT2D eigenvalue weighted by Crippen LogP contribution is -2.51. The number of aliphatic imine (C=N–C) groups is 1. The molecule has 0 bridgehead atoms. The van der Waals surface area contributed by atoms with Crippen molar-refractivity contribution in [3.63, 3.8) is 0 Å². The predicted molar refractivity (Wildman–Crippen MR) is 159 cm³/mol. The molecule has 2 aromatic carbocycles. The van der Waals surface area contributed by atoms with Gasteiger partial charge in [0.1, 0.15) is 17.2 Å². The fourth-order valence-electron chi connectivity index (χ4n) is 6.13. The van der Waals surface area contributed by atoms with E-state index >= 15 is 0 Å². The van der Waals surface area contributed by atoms with Crippen LogP contribution in [0.4, 0.5) is 4.39 Å². The summed E-state index contributed by atoms with van der Waals surface area (Å²) >= 11 is 0. The van der Waals surface area contributed by atoms with Gasteiger partial charge in [0, 0.05) is 0 Å². The van der Waals surface area contributed by atoms with E-state index in [0.29, 0.717) is 17.2 Å². The molecule has 6 heteroatoms. The molecule has 5 nitrogen and oxygen atoms in total. The van der Waals surface area contributed by atoms with E-state index in [0.717, 1.165) is 44.1 Å². The van der Waals surface area contributed by atoms with Crippen LogP contribution in [0.5, 0.6) is 0 Å². The summed E-state index contributed by atoms with van der Waals surface area (Å²) in [6, 6.07) is 13.0. The normalized spacial score (nSPS) is 22.7. The second kappa shape index (κ2) is 11.3. The van der Waals surface area contributed by atoms with Gasteiger partial charge in [-0.25, -0.2) is 9.18 Å². The van der Waals surface area contributed by atoms with Gasteiger partial charge in [-0.2, -0.15) is 0 Å². The zero-order valence-electron chi connectivity index (χ0n) is 24.7. The summed E-state index contributed by atoms with van der Waals surface area (Å²) in [4.78, 5) is 32.9. The van der Waals surface area contributed by atoms with Gasteiger partial charge in [0.25, 0.3) is 5.91 Å². The van der Waals surface area contributed by atoms with Crippen LogP contribution in [-0.4, -0.2) is 33.3 Å². The van der Waals surface area contributed by atoms with Crippen LogP contribution in [0.3, 0.4) is 0 Å². The van der Waals surface area contributed by atoms with Crippen molar-refractivity contribution < 1.29 is 19.1 Å². The fourth-order valence-corrected chi connectivity index (χ4v) is 6.13. The molecule has 2 aliphatic rings. The smallest absolute Gasteiger partial charge is 0.335 e. The average molecular weight is 547 g/mol. The van der Waals surface area contributed by atoms with Gasteiger partial charge in [-0.05, 0) is 96.7 Å². The van der Waals surface area contributed by atoms with Crippen LogP contribution in [0.2, 0.25) is 0 Å². The fraction of sp³-hybridized carbons (Fsp3) is 0.500. The maximum atomic E-state index is 14.2. The van der Waals surface area contributed by atoms with Gasteiger partial charge in [0.05, 0.1) is 11.6 Å². The number of halogens is 1. The van der Waals surface area contributed by atoms with Gasteiger partial charge in [-0.3, -0.25) is 9.79 Å². The lowest BCUT2D eigenvalue weighted by Gasteiger charge is -2.47. The number of benzene rings is 2. The minimum Gasteiger partial charge on any atom is -0.478 e. The summed E-state index contributed by atoms with van der Waals surface area (Å²) in [6.45, 7) is 13.4. The Morgan fingerprint density at radius 2 is 1.73 bits per heavy atom. The number of carbonyl (C=O) groups excluding carboxylic acids is 1. The van der Waals surface area contributed by atoms with E-state index in [1.54, 1.807) is 36.4 Å². The molecule has 1 amide bonds. The molecule has 1 aliphatic carbocycles. The maximum absolute atomic E-state index is 14.2. The molecule has 4 rings (SSSR count). The Bertz CT molecular complexity index is 1290. The number of amides is 1. The lowest BCUT2D eigenvalue weighted by molar-refractivity contribution is -0.134. The minimum atomic E-state index is -0.972. The van der Waals surface area contributed by atoms with Crippen molar-refractivity contribution in [2.24, 2.45) is 21.7 Å². The molecule has 1 saturated carbocycles. The lowest BCUT2D eigenvalue weighted by atomic mass is 9.69. The first kappa shape index (κ1) is 29.7. The molecule has 40 heavy (non-hydrogen) atoms. The van der Waals surface area contributed by atoms with E-state index in [9.17, 15) is 19.1 Å². The van der Waals surface area contributed by atoms with E-state index < -0.39 is 11.6 Å². The standard InChI is InChI=1S/C34H43FN2O3/c1-32(2,3)19-18-29(24-11-13-25(14-12-24)31(39)40)37-30(38)28(15-10-23-8-7-9-27(35)22-23)36-34(37)20-16-26(17-21-34)33(4,5)6/h7-15,22,26,29H,16-21H2,1-6H3,(H,39,40)/b15-10+/t26?,29-,34?/m1/s1. The Balaban J connectivity index is 1.75. The number of carboxylic acid groups (broad SMARTS) is 1. The number of nitrogens with zero attached hydrogens (tertiary/aromatic N) is 2. The largest absolute Gasteiger partial charge is 0.478 e. The molecule has 0 aromatic heterocycles.